The molecule has 5 heteroatoms. The molecule has 0 saturated heterocycles. The molecule has 0 aliphatic carbocycles. The van der Waals surface area contributed by atoms with Crippen LogP contribution in [0.25, 0.3) is 0 Å². The Balaban J connectivity index is -0.000000148. The average Bonchev–Trinajstić information content (AvgIpc) is 2.22. The Labute approximate surface area is 111 Å². The molecule has 1 amide bonds. The number of primary amides is 1. The van der Waals surface area contributed by atoms with Gasteiger partial charge in [0.25, 0.3) is 0 Å². The Kier molecular flexibility index (Phi) is 24.2. The number of carbonyl (C=O) groups is 2. The Hall–Kier alpha value is -1.10. The number of hydrogen-bond donors (Lipinski definition) is 1. The second-order valence-electron chi connectivity index (χ2n) is 1.86. The molecule has 0 aliphatic rings. The molecule has 0 radical (unpaired) electrons. The van der Waals surface area contributed by atoms with Crippen molar-refractivity contribution in [1.82, 2.24) is 0 Å². The van der Waals surface area contributed by atoms with Crippen molar-refractivity contribution in [2.45, 2.75) is 0 Å². The molecule has 1 aromatic rings. The van der Waals surface area contributed by atoms with E-state index in [1.165, 1.54) is 0 Å². The van der Waals surface area contributed by atoms with Gasteiger partial charge < -0.3 is 15.6 Å². The molecule has 0 unspecified atom stereocenters. The molecule has 0 aromatic heterocycles. The van der Waals surface area contributed by atoms with Gasteiger partial charge in [-0.1, -0.05) is 43.0 Å². The van der Waals surface area contributed by atoms with Gasteiger partial charge in [0, 0.05) is 6.47 Å². The van der Waals surface area contributed by atoms with Crippen LogP contribution < -0.4 is 40.4 Å². The topological polar surface area (TPSA) is 83.2 Å². The van der Waals surface area contributed by atoms with Gasteiger partial charge in [-0.3, -0.25) is 4.79 Å². The molecular weight excluding hydrogens is 205 g/mol. The predicted molar refractivity (Wildman–Crippen MR) is 51.9 cm³/mol. The number of carbonyl (C=O) groups excluding carboxylic acids is 2. The Morgan fingerprint density at radius 3 is 1.33 bits per heavy atom. The van der Waals surface area contributed by atoms with E-state index in [2.05, 4.69) is 12.3 Å². The monoisotopic (exact) mass is 217 g/mol. The number of amides is 1. The quantitative estimate of drug-likeness (QED) is 0.304. The molecule has 1 rings (SSSR count). The second-order valence-corrected chi connectivity index (χ2v) is 1.86. The van der Waals surface area contributed by atoms with Crippen molar-refractivity contribution in [1.29, 1.82) is 0 Å². The smallest absolute Gasteiger partial charge is 0.554 e. The first-order valence-corrected chi connectivity index (χ1v) is 3.66. The van der Waals surface area contributed by atoms with Gasteiger partial charge in [-0.25, -0.2) is 0 Å². The van der Waals surface area contributed by atoms with Gasteiger partial charge in [-0.2, -0.15) is 0 Å². The summed E-state index contributed by atoms with van der Waals surface area (Å²) in [5, 5.41) is 8.25. The van der Waals surface area contributed by atoms with Crippen molar-refractivity contribution in [3.8, 4) is 0 Å². The minimum Gasteiger partial charge on any atom is -0.554 e. The fourth-order valence-corrected chi connectivity index (χ4v) is 0.385. The van der Waals surface area contributed by atoms with Crippen molar-refractivity contribution in [2.24, 2.45) is 5.73 Å². The van der Waals surface area contributed by atoms with Gasteiger partial charge in [0.05, 0.1) is 0 Å². The van der Waals surface area contributed by atoms with Crippen molar-refractivity contribution < 1.29 is 44.3 Å². The number of carboxylic acid groups (broad SMARTS) is 1. The van der Waals surface area contributed by atoms with E-state index in [1.807, 2.05) is 36.4 Å². The van der Waals surface area contributed by atoms with Gasteiger partial charge >= 0.3 is 29.6 Å². The van der Waals surface area contributed by atoms with Crippen molar-refractivity contribution in [3.63, 3.8) is 0 Å². The summed E-state index contributed by atoms with van der Waals surface area (Å²) in [6.45, 7) is 2.59. The van der Waals surface area contributed by atoms with Crippen LogP contribution in [0.5, 0.6) is 0 Å². The summed E-state index contributed by atoms with van der Waals surface area (Å²) in [6.07, 6.45) is 1.06. The number of nitrogens with two attached hydrogens (primary N) is 1. The minimum atomic E-state index is -0.500. The Morgan fingerprint density at radius 2 is 1.27 bits per heavy atom. The summed E-state index contributed by atoms with van der Waals surface area (Å²) in [4.78, 5) is 17.7. The standard InChI is InChI=1S/C6H6.C3H5NO.CH2O2.Na/c1-2-4-6-5-3-1;1-2-3(4)5;2-1-3;/h1-6H;2H,1H2,(H2,4,5);1H,(H,2,3);/q;;;+1/p-1. The molecule has 4 nitrogen and oxygen atoms in total. The summed E-state index contributed by atoms with van der Waals surface area (Å²) in [6, 6.07) is 12.0. The van der Waals surface area contributed by atoms with E-state index in [-0.39, 0.29) is 29.6 Å². The van der Waals surface area contributed by atoms with Gasteiger partial charge in [-0.15, -0.1) is 0 Å². The second kappa shape index (κ2) is 18.6. The Bertz CT molecular complexity index is 225. The number of benzene rings is 1. The molecule has 2 N–H and O–H groups in total. The number of hydrogen-bond acceptors (Lipinski definition) is 3. The largest absolute Gasteiger partial charge is 1.00 e. The Morgan fingerprint density at radius 1 is 1.13 bits per heavy atom. The van der Waals surface area contributed by atoms with E-state index in [1.54, 1.807) is 0 Å². The zero-order valence-corrected chi connectivity index (χ0v) is 10.6. The molecule has 0 saturated carbocycles. The molecule has 15 heavy (non-hydrogen) atoms. The van der Waals surface area contributed by atoms with E-state index < -0.39 is 12.4 Å². The maximum Gasteiger partial charge on any atom is 1.00 e. The minimum absolute atomic E-state index is 0. The molecule has 0 spiro atoms. The van der Waals surface area contributed by atoms with Gasteiger partial charge in [0.1, 0.15) is 0 Å². The van der Waals surface area contributed by atoms with Crippen LogP contribution in [-0.2, 0) is 9.59 Å². The third-order valence-corrected chi connectivity index (χ3v) is 0.868. The number of rotatable bonds is 1. The summed E-state index contributed by atoms with van der Waals surface area (Å²) in [7, 11) is 0. The zero-order chi connectivity index (χ0) is 11.2. The SMILES string of the molecule is C=CC(N)=O.O=C[O-].[Na+].c1ccccc1. The molecule has 0 fully saturated rings. The van der Waals surface area contributed by atoms with Gasteiger partial charge in [0.2, 0.25) is 5.91 Å². The van der Waals surface area contributed by atoms with Crippen LogP contribution in [0, 0.1) is 0 Å². The fraction of sp³-hybridized carbons (Fsp3) is 0. The molecule has 1 aromatic carbocycles. The molecule has 0 heterocycles. The van der Waals surface area contributed by atoms with Crippen LogP contribution >= 0.6 is 0 Å². The predicted octanol–water partition coefficient (Wildman–Crippen LogP) is -3.29. The molecular formula is C10H12NNaO3. The van der Waals surface area contributed by atoms with Crippen LogP contribution in [-0.4, -0.2) is 12.4 Å². The molecule has 0 atom stereocenters. The van der Waals surface area contributed by atoms with E-state index in [4.69, 9.17) is 9.90 Å². The van der Waals surface area contributed by atoms with E-state index in [0.29, 0.717) is 0 Å². The maximum atomic E-state index is 9.47. The summed E-state index contributed by atoms with van der Waals surface area (Å²) in [5.74, 6) is -0.481. The summed E-state index contributed by atoms with van der Waals surface area (Å²) >= 11 is 0. The van der Waals surface area contributed by atoms with Gasteiger partial charge in [-0.05, 0) is 6.08 Å². The fourth-order valence-electron chi connectivity index (χ4n) is 0.385. The first-order chi connectivity index (χ1) is 6.68. The zero-order valence-electron chi connectivity index (χ0n) is 8.63. The first-order valence-electron chi connectivity index (χ1n) is 3.66. The van der Waals surface area contributed by atoms with Crippen LogP contribution in [0.2, 0.25) is 0 Å². The van der Waals surface area contributed by atoms with Crippen LogP contribution in [0.3, 0.4) is 0 Å². The summed E-state index contributed by atoms with van der Waals surface area (Å²) < 4.78 is 0. The maximum absolute atomic E-state index is 9.47. The third-order valence-electron chi connectivity index (χ3n) is 0.868. The van der Waals surface area contributed by atoms with E-state index in [0.717, 1.165) is 6.08 Å². The first kappa shape index (κ1) is 19.5. The van der Waals surface area contributed by atoms with Gasteiger partial charge in [0.15, 0.2) is 0 Å². The van der Waals surface area contributed by atoms with Crippen LogP contribution in [0.4, 0.5) is 0 Å². The van der Waals surface area contributed by atoms with Crippen molar-refractivity contribution >= 4 is 12.4 Å². The summed E-state index contributed by atoms with van der Waals surface area (Å²) in [5.41, 5.74) is 4.53. The van der Waals surface area contributed by atoms with E-state index in [9.17, 15) is 4.79 Å². The molecule has 0 aliphatic heterocycles. The van der Waals surface area contributed by atoms with Crippen molar-refractivity contribution in [3.05, 3.63) is 49.1 Å². The molecule has 76 valence electrons. The third kappa shape index (κ3) is 32.2. The van der Waals surface area contributed by atoms with E-state index >= 15 is 0 Å². The molecule has 0 bridgehead atoms. The normalized spacial score (nSPS) is 6.13. The van der Waals surface area contributed by atoms with Crippen LogP contribution in [0.1, 0.15) is 0 Å². The van der Waals surface area contributed by atoms with Crippen molar-refractivity contribution in [2.75, 3.05) is 0 Å². The average molecular weight is 217 g/mol. The van der Waals surface area contributed by atoms with Crippen LogP contribution in [0.15, 0.2) is 49.1 Å².